The fourth-order valence-electron chi connectivity index (χ4n) is 3.73. The summed E-state index contributed by atoms with van der Waals surface area (Å²) in [7, 11) is 0. The summed E-state index contributed by atoms with van der Waals surface area (Å²) in [6.07, 6.45) is 3.85. The lowest BCUT2D eigenvalue weighted by Gasteiger charge is -2.07. The summed E-state index contributed by atoms with van der Waals surface area (Å²) < 4.78 is 7.71. The highest BCUT2D eigenvalue weighted by molar-refractivity contribution is 7.21. The molecule has 5 aromatic heterocycles. The number of carbonyl (C=O) groups is 2. The number of fused-ring (bicyclic) bond motifs is 1. The second-order valence-electron chi connectivity index (χ2n) is 7.80. The SMILES string of the molecule is CC(=O)NCc1ccc(-c2csc(NC(=O)c3sc4nc(C)cc(C)c4c3-n3cccc3)n2)o1. The van der Waals surface area contributed by atoms with E-state index in [0.29, 0.717) is 33.8 Å². The molecule has 0 saturated carbocycles. The fraction of sp³-hybridized carbons (Fsp3) is 0.167. The van der Waals surface area contributed by atoms with Crippen LogP contribution in [0, 0.1) is 13.8 Å². The molecule has 0 radical (unpaired) electrons. The van der Waals surface area contributed by atoms with E-state index in [9.17, 15) is 9.59 Å². The number of carbonyl (C=O) groups excluding carboxylic acids is 2. The molecule has 34 heavy (non-hydrogen) atoms. The molecule has 172 valence electrons. The first kappa shape index (κ1) is 22.1. The monoisotopic (exact) mass is 491 g/mol. The fourth-order valence-corrected chi connectivity index (χ4v) is 5.61. The molecule has 5 heterocycles. The molecule has 0 aliphatic heterocycles. The summed E-state index contributed by atoms with van der Waals surface area (Å²) in [6.45, 7) is 5.75. The minimum absolute atomic E-state index is 0.127. The number of hydrogen-bond acceptors (Lipinski definition) is 7. The number of aromatic nitrogens is 3. The first-order valence-electron chi connectivity index (χ1n) is 10.5. The Kier molecular flexibility index (Phi) is 5.76. The zero-order valence-electron chi connectivity index (χ0n) is 18.7. The average Bonchev–Trinajstić information content (AvgIpc) is 3.57. The predicted octanol–water partition coefficient (Wildman–Crippen LogP) is 5.31. The van der Waals surface area contributed by atoms with Crippen LogP contribution in [0.5, 0.6) is 0 Å². The molecule has 0 aliphatic rings. The largest absolute Gasteiger partial charge is 0.458 e. The number of nitrogens with one attached hydrogen (secondary N) is 2. The minimum Gasteiger partial charge on any atom is -0.458 e. The Hall–Kier alpha value is -3.76. The Labute approximate surface area is 203 Å². The molecule has 0 aliphatic carbocycles. The number of anilines is 1. The van der Waals surface area contributed by atoms with Gasteiger partial charge in [0, 0.05) is 35.8 Å². The van der Waals surface area contributed by atoms with Gasteiger partial charge in [-0.2, -0.15) is 0 Å². The molecule has 0 saturated heterocycles. The van der Waals surface area contributed by atoms with Crippen LogP contribution in [0.25, 0.3) is 27.4 Å². The number of thiazole rings is 1. The summed E-state index contributed by atoms with van der Waals surface area (Å²) in [5, 5.41) is 8.89. The van der Waals surface area contributed by atoms with E-state index in [2.05, 4.69) is 20.6 Å². The predicted molar refractivity (Wildman–Crippen MR) is 134 cm³/mol. The van der Waals surface area contributed by atoms with Crippen LogP contribution in [-0.2, 0) is 11.3 Å². The Morgan fingerprint density at radius 3 is 2.71 bits per heavy atom. The van der Waals surface area contributed by atoms with Crippen molar-refractivity contribution in [2.45, 2.75) is 27.3 Å². The van der Waals surface area contributed by atoms with Crippen LogP contribution in [-0.4, -0.2) is 26.3 Å². The van der Waals surface area contributed by atoms with Crippen LogP contribution >= 0.6 is 22.7 Å². The molecule has 0 unspecified atom stereocenters. The number of pyridine rings is 1. The molecule has 2 N–H and O–H groups in total. The molecule has 5 rings (SSSR count). The van der Waals surface area contributed by atoms with Crippen molar-refractivity contribution in [2.75, 3.05) is 5.32 Å². The second kappa shape index (κ2) is 8.88. The van der Waals surface area contributed by atoms with Gasteiger partial charge in [-0.1, -0.05) is 0 Å². The van der Waals surface area contributed by atoms with Crippen molar-refractivity contribution < 1.29 is 14.0 Å². The van der Waals surface area contributed by atoms with Gasteiger partial charge in [0.1, 0.15) is 21.2 Å². The van der Waals surface area contributed by atoms with E-state index < -0.39 is 0 Å². The normalized spacial score (nSPS) is 11.1. The molecule has 2 amide bonds. The first-order valence-corrected chi connectivity index (χ1v) is 12.2. The van der Waals surface area contributed by atoms with Gasteiger partial charge < -0.3 is 14.3 Å². The zero-order valence-corrected chi connectivity index (χ0v) is 20.3. The van der Waals surface area contributed by atoms with Gasteiger partial charge >= 0.3 is 0 Å². The highest BCUT2D eigenvalue weighted by atomic mass is 32.1. The van der Waals surface area contributed by atoms with Gasteiger partial charge in [0.15, 0.2) is 10.9 Å². The minimum atomic E-state index is -0.240. The molecule has 0 fully saturated rings. The number of hydrogen-bond donors (Lipinski definition) is 2. The smallest absolute Gasteiger partial charge is 0.269 e. The van der Waals surface area contributed by atoms with Crippen molar-refractivity contribution >= 4 is 49.8 Å². The highest BCUT2D eigenvalue weighted by Crippen LogP contribution is 2.36. The van der Waals surface area contributed by atoms with Gasteiger partial charge in [-0.05, 0) is 49.7 Å². The maximum Gasteiger partial charge on any atom is 0.269 e. The number of aryl methyl sites for hydroxylation is 2. The van der Waals surface area contributed by atoms with Gasteiger partial charge in [0.05, 0.1) is 12.2 Å². The Bertz CT molecular complexity index is 1510. The Morgan fingerprint density at radius 1 is 1.15 bits per heavy atom. The van der Waals surface area contributed by atoms with Crippen molar-refractivity contribution in [1.82, 2.24) is 19.9 Å². The van der Waals surface area contributed by atoms with Gasteiger partial charge in [-0.25, -0.2) is 9.97 Å². The van der Waals surface area contributed by atoms with Crippen LogP contribution < -0.4 is 10.6 Å². The number of thiophene rings is 1. The third kappa shape index (κ3) is 4.25. The number of rotatable bonds is 6. The van der Waals surface area contributed by atoms with Crippen molar-refractivity contribution in [3.8, 4) is 17.1 Å². The number of amides is 2. The molecule has 0 atom stereocenters. The third-order valence-electron chi connectivity index (χ3n) is 5.18. The molecule has 5 aromatic rings. The number of nitrogens with zero attached hydrogens (tertiary/aromatic N) is 3. The summed E-state index contributed by atoms with van der Waals surface area (Å²) >= 11 is 2.69. The number of furan rings is 1. The van der Waals surface area contributed by atoms with Crippen molar-refractivity contribution in [2.24, 2.45) is 0 Å². The molecule has 0 aromatic carbocycles. The van der Waals surface area contributed by atoms with Crippen LogP contribution in [0.1, 0.15) is 33.6 Å². The molecular weight excluding hydrogens is 470 g/mol. The van der Waals surface area contributed by atoms with Crippen molar-refractivity contribution in [1.29, 1.82) is 0 Å². The van der Waals surface area contributed by atoms with E-state index in [1.807, 2.05) is 54.4 Å². The van der Waals surface area contributed by atoms with Gasteiger partial charge in [0.25, 0.3) is 5.91 Å². The molecular formula is C24H21N5O3S2. The summed E-state index contributed by atoms with van der Waals surface area (Å²) in [4.78, 5) is 35.0. The highest BCUT2D eigenvalue weighted by Gasteiger charge is 2.23. The summed E-state index contributed by atoms with van der Waals surface area (Å²) in [5.41, 5.74) is 3.42. The van der Waals surface area contributed by atoms with E-state index in [1.54, 1.807) is 12.1 Å². The standard InChI is InChI=1S/C24H21N5O3S2/c1-13-10-14(2)26-23-19(13)20(29-8-4-5-9-29)21(34-23)22(31)28-24-27-17(12-33-24)18-7-6-16(32-18)11-25-15(3)30/h4-10,12H,11H2,1-3H3,(H,25,30)(H,27,28,31). The third-order valence-corrected chi connectivity index (χ3v) is 7.01. The average molecular weight is 492 g/mol. The zero-order chi connectivity index (χ0) is 23.8. The second-order valence-corrected chi connectivity index (χ2v) is 9.66. The lowest BCUT2D eigenvalue weighted by atomic mass is 10.1. The molecule has 8 nitrogen and oxygen atoms in total. The van der Waals surface area contributed by atoms with Gasteiger partial charge in [0.2, 0.25) is 5.91 Å². The van der Waals surface area contributed by atoms with Crippen molar-refractivity contribution in [3.05, 3.63) is 70.0 Å². The van der Waals surface area contributed by atoms with Crippen LogP contribution in [0.4, 0.5) is 5.13 Å². The van der Waals surface area contributed by atoms with Crippen LogP contribution in [0.2, 0.25) is 0 Å². The van der Waals surface area contributed by atoms with E-state index in [1.165, 1.54) is 29.6 Å². The van der Waals surface area contributed by atoms with Gasteiger partial charge in [-0.3, -0.25) is 14.9 Å². The molecule has 0 spiro atoms. The van der Waals surface area contributed by atoms with Crippen molar-refractivity contribution in [3.63, 3.8) is 0 Å². The maximum atomic E-state index is 13.4. The van der Waals surface area contributed by atoms with E-state index in [0.717, 1.165) is 27.2 Å². The van der Waals surface area contributed by atoms with E-state index >= 15 is 0 Å². The molecule has 0 bridgehead atoms. The quantitative estimate of drug-likeness (QED) is 0.335. The topological polar surface area (TPSA) is 102 Å². The molecule has 10 heteroatoms. The van der Waals surface area contributed by atoms with E-state index in [4.69, 9.17) is 4.42 Å². The van der Waals surface area contributed by atoms with Gasteiger partial charge in [-0.15, -0.1) is 22.7 Å². The lowest BCUT2D eigenvalue weighted by molar-refractivity contribution is -0.119. The maximum absolute atomic E-state index is 13.4. The first-order chi connectivity index (χ1) is 16.4. The summed E-state index contributed by atoms with van der Waals surface area (Å²) in [5.74, 6) is 0.832. The van der Waals surface area contributed by atoms with Crippen LogP contribution in [0.3, 0.4) is 0 Å². The van der Waals surface area contributed by atoms with Crippen LogP contribution in [0.15, 0.2) is 52.5 Å². The lowest BCUT2D eigenvalue weighted by Crippen LogP contribution is -2.18. The summed E-state index contributed by atoms with van der Waals surface area (Å²) in [6, 6.07) is 9.48. The Morgan fingerprint density at radius 2 is 1.94 bits per heavy atom. The van der Waals surface area contributed by atoms with E-state index in [-0.39, 0.29) is 11.8 Å². The Balaban J connectivity index is 1.43.